The number of carbonyl (C=O) groups excluding carboxylic acids is 1. The summed E-state index contributed by atoms with van der Waals surface area (Å²) >= 11 is 0. The van der Waals surface area contributed by atoms with Crippen LogP contribution in [-0.2, 0) is 16.1 Å². The average Bonchev–Trinajstić information content (AvgIpc) is 3.09. The number of nitrogens with zero attached hydrogens (tertiary/aromatic N) is 2. The number of ether oxygens (including phenoxy) is 1. The third-order valence-electron chi connectivity index (χ3n) is 5.92. The number of carboxylic acid groups (broad SMARTS) is 1. The molecule has 1 amide bonds. The van der Waals surface area contributed by atoms with Gasteiger partial charge in [-0.15, -0.1) is 0 Å². The smallest absolute Gasteiger partial charge is 0.328 e. The number of carboxylic acids is 1. The summed E-state index contributed by atoms with van der Waals surface area (Å²) < 4.78 is 6.04. The van der Waals surface area contributed by atoms with E-state index in [4.69, 9.17) is 4.74 Å². The Morgan fingerprint density at radius 2 is 1.83 bits per heavy atom. The van der Waals surface area contributed by atoms with Gasteiger partial charge in [-0.25, -0.2) is 4.79 Å². The molecule has 4 rings (SSSR count). The average molecular weight is 394 g/mol. The molecule has 0 aromatic heterocycles. The molecule has 29 heavy (non-hydrogen) atoms. The molecule has 2 heterocycles. The maximum atomic E-state index is 13.3. The SMILES string of the molecule is Cc1cccc(C(=O)N2[C@@H](C(=O)O)COC23CCN(Cc2ccccc2)CC3)c1. The first-order valence-electron chi connectivity index (χ1n) is 10.0. The summed E-state index contributed by atoms with van der Waals surface area (Å²) in [6.45, 7) is 4.29. The zero-order chi connectivity index (χ0) is 20.4. The lowest BCUT2D eigenvalue weighted by atomic mass is 9.96. The highest BCUT2D eigenvalue weighted by Gasteiger charge is 2.54. The Hall–Kier alpha value is -2.70. The van der Waals surface area contributed by atoms with Crippen LogP contribution in [0, 0.1) is 6.92 Å². The number of rotatable bonds is 4. The lowest BCUT2D eigenvalue weighted by molar-refractivity contribution is -0.144. The number of aryl methyl sites for hydroxylation is 1. The molecule has 2 aromatic rings. The van der Waals surface area contributed by atoms with Crippen molar-refractivity contribution in [1.82, 2.24) is 9.80 Å². The minimum absolute atomic E-state index is 0.0333. The van der Waals surface area contributed by atoms with Crippen molar-refractivity contribution in [3.05, 3.63) is 71.3 Å². The van der Waals surface area contributed by atoms with E-state index in [0.29, 0.717) is 18.4 Å². The van der Waals surface area contributed by atoms with E-state index in [-0.39, 0.29) is 12.5 Å². The largest absolute Gasteiger partial charge is 0.480 e. The van der Waals surface area contributed by atoms with Crippen molar-refractivity contribution >= 4 is 11.9 Å². The monoisotopic (exact) mass is 394 g/mol. The van der Waals surface area contributed by atoms with E-state index in [9.17, 15) is 14.7 Å². The molecule has 2 fully saturated rings. The first-order chi connectivity index (χ1) is 14.0. The molecule has 152 valence electrons. The van der Waals surface area contributed by atoms with E-state index < -0.39 is 17.7 Å². The predicted molar refractivity (Wildman–Crippen MR) is 108 cm³/mol. The summed E-state index contributed by atoms with van der Waals surface area (Å²) in [5, 5.41) is 9.71. The molecule has 0 saturated carbocycles. The molecule has 2 aromatic carbocycles. The summed E-state index contributed by atoms with van der Waals surface area (Å²) in [4.78, 5) is 29.0. The Balaban J connectivity index is 1.54. The highest BCUT2D eigenvalue weighted by molar-refractivity contribution is 5.97. The standard InChI is InChI=1S/C23H26N2O4/c1-17-6-5-9-19(14-17)21(26)25-20(22(27)28)16-29-23(25)10-12-24(13-11-23)15-18-7-3-2-4-8-18/h2-9,14,20H,10-13,15-16H2,1H3,(H,27,28)/t20-/m1/s1. The molecule has 6 heteroatoms. The number of aliphatic carboxylic acids is 1. The molecule has 0 radical (unpaired) electrons. The van der Waals surface area contributed by atoms with E-state index in [1.165, 1.54) is 10.5 Å². The highest BCUT2D eigenvalue weighted by atomic mass is 16.5. The number of hydrogen-bond donors (Lipinski definition) is 1. The topological polar surface area (TPSA) is 70.1 Å². The van der Waals surface area contributed by atoms with Crippen LogP contribution in [0.3, 0.4) is 0 Å². The minimum atomic E-state index is -1.02. The molecule has 2 aliphatic heterocycles. The van der Waals surface area contributed by atoms with Gasteiger partial charge in [0.1, 0.15) is 5.72 Å². The Morgan fingerprint density at radius 1 is 1.10 bits per heavy atom. The normalized spacial score (nSPS) is 21.4. The van der Waals surface area contributed by atoms with E-state index in [0.717, 1.165) is 25.2 Å². The predicted octanol–water partition coefficient (Wildman–Crippen LogP) is 2.91. The molecule has 1 atom stereocenters. The van der Waals surface area contributed by atoms with Gasteiger partial charge in [0.15, 0.2) is 6.04 Å². The second-order valence-corrected chi connectivity index (χ2v) is 7.92. The number of likely N-dealkylation sites (tertiary alicyclic amines) is 1. The van der Waals surface area contributed by atoms with Crippen LogP contribution in [-0.4, -0.2) is 58.2 Å². The van der Waals surface area contributed by atoms with Gasteiger partial charge < -0.3 is 9.84 Å². The summed E-state index contributed by atoms with van der Waals surface area (Å²) in [6.07, 6.45) is 1.20. The maximum absolute atomic E-state index is 13.3. The second-order valence-electron chi connectivity index (χ2n) is 7.92. The zero-order valence-corrected chi connectivity index (χ0v) is 16.6. The fourth-order valence-corrected chi connectivity index (χ4v) is 4.38. The molecule has 1 spiro atoms. The van der Waals surface area contributed by atoms with Crippen molar-refractivity contribution in [1.29, 1.82) is 0 Å². The van der Waals surface area contributed by atoms with Crippen molar-refractivity contribution < 1.29 is 19.4 Å². The van der Waals surface area contributed by atoms with E-state index in [1.807, 2.05) is 37.3 Å². The Labute approximate surface area is 170 Å². The summed E-state index contributed by atoms with van der Waals surface area (Å²) in [5.74, 6) is -1.29. The number of amides is 1. The lowest BCUT2D eigenvalue weighted by Crippen LogP contribution is -2.58. The van der Waals surface area contributed by atoms with Gasteiger partial charge >= 0.3 is 5.97 Å². The van der Waals surface area contributed by atoms with Gasteiger partial charge in [0.25, 0.3) is 5.91 Å². The second kappa shape index (κ2) is 7.97. The fourth-order valence-electron chi connectivity index (χ4n) is 4.38. The first kappa shape index (κ1) is 19.6. The molecule has 2 aliphatic rings. The quantitative estimate of drug-likeness (QED) is 0.864. The molecule has 6 nitrogen and oxygen atoms in total. The third kappa shape index (κ3) is 3.91. The number of piperidine rings is 1. The fraction of sp³-hybridized carbons (Fsp3) is 0.391. The Bertz CT molecular complexity index is 891. The molecular weight excluding hydrogens is 368 g/mol. The molecule has 0 aliphatic carbocycles. The Morgan fingerprint density at radius 3 is 2.48 bits per heavy atom. The van der Waals surface area contributed by atoms with Crippen molar-refractivity contribution in [2.75, 3.05) is 19.7 Å². The summed E-state index contributed by atoms with van der Waals surface area (Å²) in [6, 6.07) is 16.6. The zero-order valence-electron chi connectivity index (χ0n) is 16.6. The molecule has 0 unspecified atom stereocenters. The highest BCUT2D eigenvalue weighted by Crippen LogP contribution is 2.38. The van der Waals surface area contributed by atoms with Crippen molar-refractivity contribution in [3.63, 3.8) is 0 Å². The van der Waals surface area contributed by atoms with E-state index in [2.05, 4.69) is 17.0 Å². The molecule has 2 saturated heterocycles. The van der Waals surface area contributed by atoms with Crippen LogP contribution in [0.1, 0.15) is 34.3 Å². The van der Waals surface area contributed by atoms with Crippen LogP contribution in [0.15, 0.2) is 54.6 Å². The molecular formula is C23H26N2O4. The van der Waals surface area contributed by atoms with E-state index in [1.54, 1.807) is 12.1 Å². The molecule has 0 bridgehead atoms. The van der Waals surface area contributed by atoms with Crippen LogP contribution < -0.4 is 0 Å². The van der Waals surface area contributed by atoms with Gasteiger partial charge in [-0.05, 0) is 24.6 Å². The first-order valence-corrected chi connectivity index (χ1v) is 10.0. The van der Waals surface area contributed by atoms with Gasteiger partial charge in [-0.1, -0.05) is 48.0 Å². The van der Waals surface area contributed by atoms with Gasteiger partial charge in [-0.3, -0.25) is 14.6 Å². The van der Waals surface area contributed by atoms with Gasteiger partial charge in [0.05, 0.1) is 6.61 Å². The van der Waals surface area contributed by atoms with Gasteiger partial charge in [-0.2, -0.15) is 0 Å². The maximum Gasteiger partial charge on any atom is 0.328 e. The van der Waals surface area contributed by atoms with Gasteiger partial charge in [0, 0.05) is 38.0 Å². The number of hydrogen-bond acceptors (Lipinski definition) is 4. The number of carbonyl (C=O) groups is 2. The van der Waals surface area contributed by atoms with E-state index >= 15 is 0 Å². The minimum Gasteiger partial charge on any atom is -0.480 e. The van der Waals surface area contributed by atoms with Crippen LogP contribution in [0.25, 0.3) is 0 Å². The van der Waals surface area contributed by atoms with Crippen LogP contribution in [0.4, 0.5) is 0 Å². The number of benzene rings is 2. The van der Waals surface area contributed by atoms with Crippen LogP contribution >= 0.6 is 0 Å². The van der Waals surface area contributed by atoms with Crippen molar-refractivity contribution in [2.45, 2.75) is 38.1 Å². The van der Waals surface area contributed by atoms with Crippen molar-refractivity contribution in [2.24, 2.45) is 0 Å². The third-order valence-corrected chi connectivity index (χ3v) is 5.92. The van der Waals surface area contributed by atoms with Gasteiger partial charge in [0.2, 0.25) is 0 Å². The Kier molecular flexibility index (Phi) is 5.39. The van der Waals surface area contributed by atoms with Crippen LogP contribution in [0.2, 0.25) is 0 Å². The van der Waals surface area contributed by atoms with Crippen LogP contribution in [0.5, 0.6) is 0 Å². The lowest BCUT2D eigenvalue weighted by Gasteiger charge is -2.44. The van der Waals surface area contributed by atoms with Crippen molar-refractivity contribution in [3.8, 4) is 0 Å². The summed E-state index contributed by atoms with van der Waals surface area (Å²) in [7, 11) is 0. The molecule has 1 N–H and O–H groups in total. The summed E-state index contributed by atoms with van der Waals surface area (Å²) in [5.41, 5.74) is 1.87.